The summed E-state index contributed by atoms with van der Waals surface area (Å²) in [5, 5.41) is 2.36. The zero-order valence-electron chi connectivity index (χ0n) is 18.4. The van der Waals surface area contributed by atoms with Gasteiger partial charge in [0.1, 0.15) is 0 Å². The zero-order chi connectivity index (χ0) is 24.1. The maximum atomic E-state index is 14.2. The third-order valence-corrected chi connectivity index (χ3v) is 7.12. The van der Waals surface area contributed by atoms with Gasteiger partial charge in [0.15, 0.2) is 9.84 Å². The number of carbonyl (C=O) groups is 1. The Morgan fingerprint density at radius 1 is 1.09 bits per heavy atom. The number of sulfone groups is 1. The van der Waals surface area contributed by atoms with Crippen LogP contribution in [0.5, 0.6) is 0 Å². The van der Waals surface area contributed by atoms with Crippen LogP contribution in [0.15, 0.2) is 59.5 Å². The second kappa shape index (κ2) is 10.3. The largest absolute Gasteiger partial charge is 0.426 e. The van der Waals surface area contributed by atoms with Gasteiger partial charge in [0.05, 0.1) is 4.90 Å². The van der Waals surface area contributed by atoms with E-state index < -0.39 is 33.9 Å². The highest BCUT2D eigenvalue weighted by molar-refractivity contribution is 7.90. The monoisotopic (exact) mass is 483 g/mol. The van der Waals surface area contributed by atoms with Gasteiger partial charge in [-0.3, -0.25) is 4.79 Å². The molecule has 0 saturated carbocycles. The summed E-state index contributed by atoms with van der Waals surface area (Å²) >= 11 is 0. The van der Waals surface area contributed by atoms with Crippen molar-refractivity contribution in [1.82, 2.24) is 5.32 Å². The minimum atomic E-state index is -4.87. The number of aryl methyl sites for hydroxylation is 1. The van der Waals surface area contributed by atoms with Crippen LogP contribution in [0.4, 0.5) is 13.2 Å². The van der Waals surface area contributed by atoms with Gasteiger partial charge in [-0.15, -0.1) is 0 Å². The number of carbonyl (C=O) groups excluding carboxylic acids is 1. The van der Waals surface area contributed by atoms with Crippen molar-refractivity contribution in [3.63, 3.8) is 0 Å². The van der Waals surface area contributed by atoms with Crippen LogP contribution in [0.3, 0.4) is 0 Å². The van der Waals surface area contributed by atoms with Gasteiger partial charge in [-0.05, 0) is 61.3 Å². The molecule has 1 saturated heterocycles. The van der Waals surface area contributed by atoms with Crippen molar-refractivity contribution in [1.29, 1.82) is 0 Å². The van der Waals surface area contributed by atoms with E-state index in [1.807, 2.05) is 30.3 Å². The number of rotatable bonds is 7. The Balaban J connectivity index is 1.72. The summed E-state index contributed by atoms with van der Waals surface area (Å²) in [6.07, 6.45) is -2.05. The molecule has 1 N–H and O–H groups in total. The number of halogens is 3. The van der Waals surface area contributed by atoms with E-state index >= 15 is 0 Å². The molecule has 0 spiro atoms. The lowest BCUT2D eigenvalue weighted by molar-refractivity contribution is -0.269. The number of ether oxygens (including phenoxy) is 1. The third kappa shape index (κ3) is 6.35. The van der Waals surface area contributed by atoms with Crippen LogP contribution in [0.1, 0.15) is 36.8 Å². The van der Waals surface area contributed by atoms with Crippen molar-refractivity contribution in [3.05, 3.63) is 65.7 Å². The Morgan fingerprint density at radius 2 is 1.76 bits per heavy atom. The number of hydrogen-bond acceptors (Lipinski definition) is 4. The van der Waals surface area contributed by atoms with Crippen LogP contribution in [-0.2, 0) is 32.3 Å². The summed E-state index contributed by atoms with van der Waals surface area (Å²) in [7, 11) is -3.39. The predicted molar refractivity (Wildman–Crippen MR) is 118 cm³/mol. The molecule has 33 heavy (non-hydrogen) atoms. The number of amides is 1. The lowest BCUT2D eigenvalue weighted by Crippen LogP contribution is -2.59. The molecule has 1 amide bonds. The molecule has 1 fully saturated rings. The summed E-state index contributed by atoms with van der Waals surface area (Å²) in [6, 6.07) is 15.2. The topological polar surface area (TPSA) is 72.5 Å². The molecule has 0 aromatic heterocycles. The van der Waals surface area contributed by atoms with Crippen LogP contribution >= 0.6 is 0 Å². The SMILES string of the molecule is CS(=O)(=O)c1ccc(CNC(=O)[C@]2(C(F)(F)F)C[C@H](CCc3ccccc3)CCCO2)cc1. The van der Waals surface area contributed by atoms with Gasteiger partial charge in [0.25, 0.3) is 5.91 Å². The van der Waals surface area contributed by atoms with Crippen molar-refractivity contribution in [2.45, 2.75) is 55.3 Å². The smallest absolute Gasteiger partial charge is 0.357 e. The molecule has 0 radical (unpaired) electrons. The molecular weight excluding hydrogens is 455 g/mol. The number of benzene rings is 2. The highest BCUT2D eigenvalue weighted by atomic mass is 32.2. The first-order chi connectivity index (χ1) is 15.5. The van der Waals surface area contributed by atoms with Crippen LogP contribution in [0, 0.1) is 5.92 Å². The van der Waals surface area contributed by atoms with Crippen LogP contribution in [0.25, 0.3) is 0 Å². The third-order valence-electron chi connectivity index (χ3n) is 5.99. The molecule has 2 aromatic rings. The van der Waals surface area contributed by atoms with Gasteiger partial charge < -0.3 is 10.1 Å². The van der Waals surface area contributed by atoms with Crippen LogP contribution in [0.2, 0.25) is 0 Å². The Morgan fingerprint density at radius 3 is 2.36 bits per heavy atom. The molecule has 9 heteroatoms. The highest BCUT2D eigenvalue weighted by Gasteiger charge is 2.62. The van der Waals surface area contributed by atoms with Crippen molar-refractivity contribution in [3.8, 4) is 0 Å². The van der Waals surface area contributed by atoms with Crippen molar-refractivity contribution in [2.75, 3.05) is 12.9 Å². The zero-order valence-corrected chi connectivity index (χ0v) is 19.2. The number of hydrogen-bond donors (Lipinski definition) is 1. The van der Waals surface area contributed by atoms with Gasteiger partial charge in [-0.2, -0.15) is 13.2 Å². The molecule has 3 rings (SSSR count). The maximum Gasteiger partial charge on any atom is 0.426 e. The van der Waals surface area contributed by atoms with E-state index in [0.29, 0.717) is 31.2 Å². The van der Waals surface area contributed by atoms with Gasteiger partial charge >= 0.3 is 6.18 Å². The molecule has 0 unspecified atom stereocenters. The fraction of sp³-hybridized carbons (Fsp3) is 0.458. The fourth-order valence-electron chi connectivity index (χ4n) is 4.11. The molecule has 1 aliphatic heterocycles. The summed E-state index contributed by atoms with van der Waals surface area (Å²) in [4.78, 5) is 13.0. The predicted octanol–water partition coefficient (Wildman–Crippen LogP) is 4.46. The Bertz CT molecular complexity index is 1040. The van der Waals surface area contributed by atoms with Crippen molar-refractivity contribution < 1.29 is 31.1 Å². The second-order valence-electron chi connectivity index (χ2n) is 8.51. The Labute approximate surface area is 192 Å². The standard InChI is InChI=1S/C24H28F3NO4S/c1-33(30,31)21-13-11-20(12-14-21)17-28-22(29)23(24(25,26)27)16-19(8-5-15-32-23)10-9-18-6-3-2-4-7-18/h2-4,6-7,11-14,19H,5,8-10,15-17H2,1H3,(H,28,29)/t19-,23-/m0/s1. The molecule has 5 nitrogen and oxygen atoms in total. The van der Waals surface area contributed by atoms with E-state index in [1.54, 1.807) is 0 Å². The first-order valence-electron chi connectivity index (χ1n) is 10.8. The summed E-state index contributed by atoms with van der Waals surface area (Å²) in [5.41, 5.74) is -1.37. The molecule has 0 bridgehead atoms. The number of alkyl halides is 3. The summed E-state index contributed by atoms with van der Waals surface area (Å²) in [6.45, 7) is -0.309. The Hall–Kier alpha value is -2.39. The minimum Gasteiger partial charge on any atom is -0.357 e. The Kier molecular flexibility index (Phi) is 7.84. The average molecular weight is 484 g/mol. The molecule has 1 heterocycles. The lowest BCUT2D eigenvalue weighted by atomic mass is 9.84. The molecule has 0 aliphatic carbocycles. The van der Waals surface area contributed by atoms with Gasteiger partial charge in [0, 0.05) is 19.4 Å². The van der Waals surface area contributed by atoms with E-state index in [1.165, 1.54) is 24.3 Å². The van der Waals surface area contributed by atoms with E-state index in [-0.39, 0.29) is 24.0 Å². The first kappa shape index (κ1) is 25.2. The first-order valence-corrected chi connectivity index (χ1v) is 12.7. The maximum absolute atomic E-state index is 14.2. The number of nitrogens with one attached hydrogen (secondary N) is 1. The van der Waals surface area contributed by atoms with E-state index in [0.717, 1.165) is 11.8 Å². The molecule has 2 atom stereocenters. The normalized spacial score (nSPS) is 21.9. The van der Waals surface area contributed by atoms with Crippen LogP contribution < -0.4 is 5.32 Å². The van der Waals surface area contributed by atoms with E-state index in [4.69, 9.17) is 4.74 Å². The van der Waals surface area contributed by atoms with Gasteiger partial charge in [-0.1, -0.05) is 42.5 Å². The van der Waals surface area contributed by atoms with Crippen LogP contribution in [-0.4, -0.2) is 39.0 Å². The fourth-order valence-corrected chi connectivity index (χ4v) is 4.74. The molecule has 2 aromatic carbocycles. The van der Waals surface area contributed by atoms with Gasteiger partial charge in [-0.25, -0.2) is 8.42 Å². The van der Waals surface area contributed by atoms with Gasteiger partial charge in [0.2, 0.25) is 5.60 Å². The second-order valence-corrected chi connectivity index (χ2v) is 10.5. The molecule has 180 valence electrons. The van der Waals surface area contributed by atoms with E-state index in [9.17, 15) is 26.4 Å². The summed E-state index contributed by atoms with van der Waals surface area (Å²) in [5.74, 6) is -1.53. The van der Waals surface area contributed by atoms with E-state index in [2.05, 4.69) is 5.32 Å². The van der Waals surface area contributed by atoms with Crippen molar-refractivity contribution in [2.24, 2.45) is 5.92 Å². The van der Waals surface area contributed by atoms with Crippen molar-refractivity contribution >= 4 is 15.7 Å². The highest BCUT2D eigenvalue weighted by Crippen LogP contribution is 2.43. The lowest BCUT2D eigenvalue weighted by Gasteiger charge is -2.35. The minimum absolute atomic E-state index is 0.0951. The molecule has 1 aliphatic rings. The average Bonchev–Trinajstić information content (AvgIpc) is 3.00. The molecular formula is C24H28F3NO4S. The quantitative estimate of drug-likeness (QED) is 0.631. The summed E-state index contributed by atoms with van der Waals surface area (Å²) < 4.78 is 71.0.